The summed E-state index contributed by atoms with van der Waals surface area (Å²) in [4.78, 5) is 0. The van der Waals surface area contributed by atoms with E-state index < -0.39 is 0 Å². The second kappa shape index (κ2) is 5.56. The van der Waals surface area contributed by atoms with Crippen molar-refractivity contribution in [3.63, 3.8) is 0 Å². The number of rotatable bonds is 4. The third-order valence-corrected chi connectivity index (χ3v) is 2.83. The molecule has 0 radical (unpaired) electrons. The molecule has 0 amide bonds. The molecule has 0 spiro atoms. The summed E-state index contributed by atoms with van der Waals surface area (Å²) in [6.45, 7) is 5.05. The van der Waals surface area contributed by atoms with Gasteiger partial charge in [-0.25, -0.2) is 0 Å². The van der Waals surface area contributed by atoms with Crippen LogP contribution >= 0.6 is 27.5 Å². The van der Waals surface area contributed by atoms with Crippen molar-refractivity contribution < 1.29 is 0 Å². The Kier molecular flexibility index (Phi) is 4.69. The van der Waals surface area contributed by atoms with E-state index in [9.17, 15) is 0 Å². The van der Waals surface area contributed by atoms with Crippen molar-refractivity contribution in [2.24, 2.45) is 0 Å². The highest BCUT2D eigenvalue weighted by Crippen LogP contribution is 2.24. The zero-order valence-electron chi connectivity index (χ0n) is 8.43. The highest BCUT2D eigenvalue weighted by molar-refractivity contribution is 9.10. The van der Waals surface area contributed by atoms with Gasteiger partial charge in [-0.3, -0.25) is 4.68 Å². The second-order valence-electron chi connectivity index (χ2n) is 3.02. The smallest absolute Gasteiger partial charge is 0.0778 e. The monoisotopic (exact) mass is 276 g/mol. The fourth-order valence-corrected chi connectivity index (χ4v) is 2.08. The van der Waals surface area contributed by atoms with E-state index in [-0.39, 0.29) is 0 Å². The Morgan fingerprint density at radius 2 is 2.43 bits per heavy atom. The predicted molar refractivity (Wildman–Crippen MR) is 64.6 cm³/mol. The van der Waals surface area contributed by atoms with Gasteiger partial charge in [0, 0.05) is 12.4 Å². The molecule has 14 heavy (non-hydrogen) atoms. The number of aryl methyl sites for hydroxylation is 1. The van der Waals surface area contributed by atoms with Crippen LogP contribution in [-0.2, 0) is 6.54 Å². The topological polar surface area (TPSA) is 17.8 Å². The molecule has 0 saturated heterocycles. The number of hydrogen-bond donors (Lipinski definition) is 0. The van der Waals surface area contributed by atoms with E-state index >= 15 is 0 Å². The van der Waals surface area contributed by atoms with Crippen molar-refractivity contribution in [3.05, 3.63) is 22.4 Å². The van der Waals surface area contributed by atoms with Crippen LogP contribution in [0.4, 0.5) is 0 Å². The Balaban J connectivity index is 2.98. The lowest BCUT2D eigenvalue weighted by atomic mass is 10.2. The van der Waals surface area contributed by atoms with Gasteiger partial charge in [0.1, 0.15) is 0 Å². The molecule has 0 unspecified atom stereocenters. The average Bonchev–Trinajstić information content (AvgIpc) is 2.56. The van der Waals surface area contributed by atoms with E-state index in [0.717, 1.165) is 23.1 Å². The molecule has 1 rings (SSSR count). The van der Waals surface area contributed by atoms with Gasteiger partial charge in [-0.15, -0.1) is 11.6 Å². The summed E-state index contributed by atoms with van der Waals surface area (Å²) in [6, 6.07) is 0. The van der Waals surface area contributed by atoms with E-state index in [1.165, 1.54) is 5.57 Å². The van der Waals surface area contributed by atoms with Crippen LogP contribution in [-0.4, -0.2) is 15.7 Å². The Labute approximate surface area is 98.1 Å². The van der Waals surface area contributed by atoms with Crippen molar-refractivity contribution in [3.8, 4) is 0 Å². The lowest BCUT2D eigenvalue weighted by molar-refractivity contribution is 0.650. The summed E-state index contributed by atoms with van der Waals surface area (Å²) in [5.74, 6) is 0.662. The van der Waals surface area contributed by atoms with Gasteiger partial charge < -0.3 is 0 Å². The fraction of sp³-hybridized carbons (Fsp3) is 0.500. The van der Waals surface area contributed by atoms with Crippen molar-refractivity contribution in [1.82, 2.24) is 9.78 Å². The summed E-state index contributed by atoms with van der Waals surface area (Å²) in [5, 5.41) is 4.26. The maximum absolute atomic E-state index is 5.64. The fourth-order valence-electron chi connectivity index (χ4n) is 1.36. The number of nitrogens with zero attached hydrogens (tertiary/aromatic N) is 2. The number of allylic oxidation sites excluding steroid dienone is 2. The van der Waals surface area contributed by atoms with Crippen LogP contribution in [0.1, 0.15) is 26.0 Å². The average molecular weight is 278 g/mol. The lowest BCUT2D eigenvalue weighted by Crippen LogP contribution is -2.01. The Hall–Kier alpha value is -0.280. The van der Waals surface area contributed by atoms with Gasteiger partial charge in [-0.05, 0) is 41.8 Å². The molecule has 0 atom stereocenters. The highest BCUT2D eigenvalue weighted by atomic mass is 79.9. The van der Waals surface area contributed by atoms with Gasteiger partial charge in [0.15, 0.2) is 0 Å². The van der Waals surface area contributed by atoms with Crippen LogP contribution < -0.4 is 0 Å². The van der Waals surface area contributed by atoms with Gasteiger partial charge in [0.2, 0.25) is 0 Å². The molecule has 0 bridgehead atoms. The van der Waals surface area contributed by atoms with E-state index in [1.54, 1.807) is 0 Å². The van der Waals surface area contributed by atoms with E-state index in [2.05, 4.69) is 41.0 Å². The summed E-state index contributed by atoms with van der Waals surface area (Å²) >= 11 is 9.14. The minimum Gasteiger partial charge on any atom is -0.264 e. The first kappa shape index (κ1) is 11.8. The summed E-state index contributed by atoms with van der Waals surface area (Å²) in [7, 11) is 0. The molecule has 0 N–H and O–H groups in total. The molecule has 2 nitrogen and oxygen atoms in total. The van der Waals surface area contributed by atoms with Crippen molar-refractivity contribution >= 4 is 33.1 Å². The quantitative estimate of drug-likeness (QED) is 0.767. The van der Waals surface area contributed by atoms with Gasteiger partial charge in [-0.2, -0.15) is 5.10 Å². The van der Waals surface area contributed by atoms with E-state index in [4.69, 9.17) is 11.6 Å². The Bertz CT molecular complexity index is 331. The predicted octanol–water partition coefficient (Wildman–Crippen LogP) is 3.70. The molecule has 1 heterocycles. The number of aromatic nitrogens is 2. The third kappa shape index (κ3) is 2.61. The van der Waals surface area contributed by atoms with Crippen LogP contribution in [0.2, 0.25) is 0 Å². The van der Waals surface area contributed by atoms with Crippen LogP contribution in [0, 0.1) is 0 Å². The molecule has 78 valence electrons. The summed E-state index contributed by atoms with van der Waals surface area (Å²) < 4.78 is 3.02. The molecule has 1 aromatic rings. The largest absolute Gasteiger partial charge is 0.264 e. The van der Waals surface area contributed by atoms with Gasteiger partial charge in [0.25, 0.3) is 0 Å². The van der Waals surface area contributed by atoms with Crippen LogP contribution in [0.15, 0.2) is 16.7 Å². The lowest BCUT2D eigenvalue weighted by Gasteiger charge is -2.05. The van der Waals surface area contributed by atoms with Crippen molar-refractivity contribution in [1.29, 1.82) is 0 Å². The molecule has 0 aliphatic carbocycles. The third-order valence-electron chi connectivity index (χ3n) is 2.03. The molecule has 4 heteroatoms. The maximum atomic E-state index is 5.64. The zero-order valence-corrected chi connectivity index (χ0v) is 10.8. The molecule has 0 aromatic carbocycles. The number of alkyl halides is 1. The van der Waals surface area contributed by atoms with Gasteiger partial charge in [-0.1, -0.05) is 6.08 Å². The first-order valence-electron chi connectivity index (χ1n) is 4.65. The molecular weight excluding hydrogens is 263 g/mol. The molecule has 0 aliphatic rings. The number of hydrogen-bond acceptors (Lipinski definition) is 1. The van der Waals surface area contributed by atoms with Gasteiger partial charge in [0.05, 0.1) is 16.4 Å². The van der Waals surface area contributed by atoms with E-state index in [0.29, 0.717) is 5.88 Å². The summed E-state index contributed by atoms with van der Waals surface area (Å²) in [6.07, 6.45) is 4.87. The van der Waals surface area contributed by atoms with Gasteiger partial charge >= 0.3 is 0 Å². The normalized spacial score (nSPS) is 12.1. The highest BCUT2D eigenvalue weighted by Gasteiger charge is 2.08. The standard InChI is InChI=1S/C10H14BrClN2/c1-3-14-10(9(11)7-13-14)8(2)5-4-6-12/h5,7H,3-4,6H2,1-2H3. The molecule has 0 saturated carbocycles. The Morgan fingerprint density at radius 1 is 1.71 bits per heavy atom. The minimum absolute atomic E-state index is 0.662. The zero-order chi connectivity index (χ0) is 10.6. The minimum atomic E-state index is 0.662. The SMILES string of the molecule is CCn1ncc(Br)c1C(C)=CCCCl. The van der Waals surface area contributed by atoms with Crippen molar-refractivity contribution in [2.45, 2.75) is 26.8 Å². The maximum Gasteiger partial charge on any atom is 0.0778 e. The van der Waals surface area contributed by atoms with Crippen molar-refractivity contribution in [2.75, 3.05) is 5.88 Å². The Morgan fingerprint density at radius 3 is 3.00 bits per heavy atom. The molecule has 0 fully saturated rings. The van der Waals surface area contributed by atoms with Crippen LogP contribution in [0.3, 0.4) is 0 Å². The number of halogens is 2. The van der Waals surface area contributed by atoms with E-state index in [1.807, 2.05) is 10.9 Å². The van der Waals surface area contributed by atoms with Crippen LogP contribution in [0.25, 0.3) is 5.57 Å². The first-order valence-corrected chi connectivity index (χ1v) is 5.97. The summed E-state index contributed by atoms with van der Waals surface area (Å²) in [5.41, 5.74) is 2.37. The molecule has 0 aliphatic heterocycles. The molecular formula is C10H14BrClN2. The second-order valence-corrected chi connectivity index (χ2v) is 4.25. The molecule has 1 aromatic heterocycles. The first-order chi connectivity index (χ1) is 6.70. The van der Waals surface area contributed by atoms with Crippen LogP contribution in [0.5, 0.6) is 0 Å².